The van der Waals surface area contributed by atoms with Crippen molar-refractivity contribution in [3.05, 3.63) is 10.6 Å². The summed E-state index contributed by atoms with van der Waals surface area (Å²) in [6.07, 6.45) is 4.36. The number of amides is 2. The molecule has 1 aliphatic heterocycles. The van der Waals surface area contributed by atoms with Crippen LogP contribution in [-0.4, -0.2) is 23.3 Å². The fourth-order valence-electron chi connectivity index (χ4n) is 2.41. The minimum Gasteiger partial charge on any atom is -0.355 e. The molecule has 6 heteroatoms. The molecule has 1 unspecified atom stereocenters. The second-order valence-corrected chi connectivity index (χ2v) is 5.85. The smallest absolute Gasteiger partial charge is 0.231 e. The van der Waals surface area contributed by atoms with Gasteiger partial charge in [0, 0.05) is 17.8 Å². The third-order valence-corrected chi connectivity index (χ3v) is 4.53. The van der Waals surface area contributed by atoms with Crippen LogP contribution in [0.25, 0.3) is 0 Å². The maximum atomic E-state index is 12.0. The van der Waals surface area contributed by atoms with Gasteiger partial charge in [0.1, 0.15) is 0 Å². The molecule has 5 nitrogen and oxygen atoms in total. The minimum atomic E-state index is -0.124. The lowest BCUT2D eigenvalue weighted by Gasteiger charge is -2.20. The van der Waals surface area contributed by atoms with Crippen molar-refractivity contribution in [3.63, 3.8) is 0 Å². The molecule has 2 amide bonds. The lowest BCUT2D eigenvalue weighted by Crippen LogP contribution is -2.40. The lowest BCUT2D eigenvalue weighted by atomic mass is 9.98. The average molecular weight is 265 g/mol. The van der Waals surface area contributed by atoms with E-state index in [0.717, 1.165) is 18.5 Å². The van der Waals surface area contributed by atoms with Crippen LogP contribution in [0.3, 0.4) is 0 Å². The number of rotatable bonds is 2. The number of carbonyl (C=O) groups is 2. The molecule has 1 aromatic rings. The molecule has 1 atom stereocenters. The predicted octanol–water partition coefficient (Wildman–Crippen LogP) is 1.10. The summed E-state index contributed by atoms with van der Waals surface area (Å²) in [5.74, 6) is -0.115. The standard InChI is InChI=1S/C12H15N3O2S/c16-10-5-4-7(6-13-10)11(17)15-12-14-8-2-1-3-9(8)18-12/h7H,1-6H2,(H,13,16)(H,14,15,17). The summed E-state index contributed by atoms with van der Waals surface area (Å²) >= 11 is 1.58. The largest absolute Gasteiger partial charge is 0.355 e. The molecular weight excluding hydrogens is 250 g/mol. The Hall–Kier alpha value is -1.43. The van der Waals surface area contributed by atoms with E-state index in [2.05, 4.69) is 15.6 Å². The highest BCUT2D eigenvalue weighted by atomic mass is 32.1. The number of piperidine rings is 1. The van der Waals surface area contributed by atoms with E-state index in [4.69, 9.17) is 0 Å². The van der Waals surface area contributed by atoms with Gasteiger partial charge in [-0.3, -0.25) is 9.59 Å². The van der Waals surface area contributed by atoms with E-state index in [1.54, 1.807) is 11.3 Å². The van der Waals surface area contributed by atoms with E-state index in [1.165, 1.54) is 11.3 Å². The van der Waals surface area contributed by atoms with Gasteiger partial charge in [0.25, 0.3) is 0 Å². The van der Waals surface area contributed by atoms with Crippen molar-refractivity contribution in [2.45, 2.75) is 32.1 Å². The molecule has 1 saturated heterocycles. The number of hydrogen-bond acceptors (Lipinski definition) is 4. The second-order valence-electron chi connectivity index (χ2n) is 4.77. The van der Waals surface area contributed by atoms with E-state index in [-0.39, 0.29) is 17.7 Å². The van der Waals surface area contributed by atoms with Crippen LogP contribution in [0.1, 0.15) is 29.8 Å². The second kappa shape index (κ2) is 4.68. The van der Waals surface area contributed by atoms with Crippen LogP contribution in [0, 0.1) is 5.92 Å². The molecule has 3 rings (SSSR count). The molecule has 1 aromatic heterocycles. The van der Waals surface area contributed by atoms with Gasteiger partial charge >= 0.3 is 0 Å². The number of hydrogen-bond donors (Lipinski definition) is 2. The SMILES string of the molecule is O=C1CCC(C(=O)Nc2nc3c(s2)CCC3)CN1. The molecule has 0 saturated carbocycles. The first-order valence-corrected chi connectivity index (χ1v) is 7.10. The predicted molar refractivity (Wildman–Crippen MR) is 68.5 cm³/mol. The van der Waals surface area contributed by atoms with Gasteiger partial charge in [-0.15, -0.1) is 11.3 Å². The number of aromatic nitrogens is 1. The molecule has 1 aliphatic carbocycles. The number of aryl methyl sites for hydroxylation is 2. The van der Waals surface area contributed by atoms with Crippen molar-refractivity contribution in [2.75, 3.05) is 11.9 Å². The zero-order valence-electron chi connectivity index (χ0n) is 9.99. The van der Waals surface area contributed by atoms with Gasteiger partial charge in [-0.2, -0.15) is 0 Å². The number of anilines is 1. The van der Waals surface area contributed by atoms with Gasteiger partial charge in [-0.05, 0) is 25.7 Å². The first kappa shape index (κ1) is 11.6. The molecule has 96 valence electrons. The van der Waals surface area contributed by atoms with Crippen molar-refractivity contribution in [2.24, 2.45) is 5.92 Å². The van der Waals surface area contributed by atoms with Crippen molar-refractivity contribution in [1.29, 1.82) is 0 Å². The quantitative estimate of drug-likeness (QED) is 0.841. The van der Waals surface area contributed by atoms with Gasteiger partial charge < -0.3 is 10.6 Å². The molecular formula is C12H15N3O2S. The van der Waals surface area contributed by atoms with Crippen molar-refractivity contribution >= 4 is 28.3 Å². The third-order valence-electron chi connectivity index (χ3n) is 3.46. The van der Waals surface area contributed by atoms with Crippen LogP contribution in [0.2, 0.25) is 0 Å². The molecule has 0 spiro atoms. The monoisotopic (exact) mass is 265 g/mol. The van der Waals surface area contributed by atoms with Crippen LogP contribution >= 0.6 is 11.3 Å². The fourth-order valence-corrected chi connectivity index (χ4v) is 3.46. The first-order valence-electron chi connectivity index (χ1n) is 6.28. The molecule has 18 heavy (non-hydrogen) atoms. The number of nitrogens with one attached hydrogen (secondary N) is 2. The minimum absolute atomic E-state index is 0.0255. The van der Waals surface area contributed by atoms with Crippen LogP contribution in [0.15, 0.2) is 0 Å². The molecule has 2 aliphatic rings. The molecule has 2 N–H and O–H groups in total. The van der Waals surface area contributed by atoms with Crippen LogP contribution in [0.4, 0.5) is 5.13 Å². The summed E-state index contributed by atoms with van der Waals surface area (Å²) in [5.41, 5.74) is 1.15. The van der Waals surface area contributed by atoms with Crippen LogP contribution in [0.5, 0.6) is 0 Å². The summed E-state index contributed by atoms with van der Waals surface area (Å²) in [6.45, 7) is 0.440. The summed E-state index contributed by atoms with van der Waals surface area (Å²) in [6, 6.07) is 0. The van der Waals surface area contributed by atoms with E-state index in [0.29, 0.717) is 24.5 Å². The Morgan fingerprint density at radius 2 is 2.28 bits per heavy atom. The molecule has 0 aromatic carbocycles. The fraction of sp³-hybridized carbons (Fsp3) is 0.583. The van der Waals surface area contributed by atoms with Gasteiger partial charge in [-0.25, -0.2) is 4.98 Å². The zero-order valence-corrected chi connectivity index (χ0v) is 10.8. The maximum absolute atomic E-state index is 12.0. The lowest BCUT2D eigenvalue weighted by molar-refractivity contribution is -0.126. The van der Waals surface area contributed by atoms with Crippen molar-refractivity contribution in [3.8, 4) is 0 Å². The van der Waals surface area contributed by atoms with Crippen molar-refractivity contribution < 1.29 is 9.59 Å². The number of fused-ring (bicyclic) bond motifs is 1. The Morgan fingerprint density at radius 3 is 3.00 bits per heavy atom. The number of carbonyl (C=O) groups excluding carboxylic acids is 2. The first-order chi connectivity index (χ1) is 8.72. The number of thiazole rings is 1. The van der Waals surface area contributed by atoms with Crippen LogP contribution < -0.4 is 10.6 Å². The zero-order chi connectivity index (χ0) is 12.5. The highest BCUT2D eigenvalue weighted by Crippen LogP contribution is 2.30. The molecule has 0 radical (unpaired) electrons. The highest BCUT2D eigenvalue weighted by molar-refractivity contribution is 7.15. The molecule has 1 fully saturated rings. The van der Waals surface area contributed by atoms with Crippen LogP contribution in [-0.2, 0) is 22.4 Å². The Kier molecular flexibility index (Phi) is 3.03. The number of nitrogens with zero attached hydrogens (tertiary/aromatic N) is 1. The summed E-state index contributed by atoms with van der Waals surface area (Å²) < 4.78 is 0. The van der Waals surface area contributed by atoms with E-state index in [9.17, 15) is 9.59 Å². The van der Waals surface area contributed by atoms with Gasteiger partial charge in [-0.1, -0.05) is 0 Å². The molecule has 2 heterocycles. The average Bonchev–Trinajstić information content (AvgIpc) is 2.90. The van der Waals surface area contributed by atoms with Gasteiger partial charge in [0.05, 0.1) is 11.6 Å². The van der Waals surface area contributed by atoms with E-state index >= 15 is 0 Å². The van der Waals surface area contributed by atoms with Gasteiger partial charge in [0.15, 0.2) is 5.13 Å². The Bertz CT molecular complexity index is 466. The van der Waals surface area contributed by atoms with Crippen molar-refractivity contribution in [1.82, 2.24) is 10.3 Å². The molecule has 0 bridgehead atoms. The topological polar surface area (TPSA) is 71.1 Å². The Morgan fingerprint density at radius 1 is 1.39 bits per heavy atom. The van der Waals surface area contributed by atoms with E-state index in [1.807, 2.05) is 0 Å². The maximum Gasteiger partial charge on any atom is 0.231 e. The summed E-state index contributed by atoms with van der Waals surface area (Å²) in [4.78, 5) is 28.8. The van der Waals surface area contributed by atoms with E-state index < -0.39 is 0 Å². The Balaban J connectivity index is 1.61. The third kappa shape index (κ3) is 2.25. The Labute approximate surface area is 109 Å². The highest BCUT2D eigenvalue weighted by Gasteiger charge is 2.26. The summed E-state index contributed by atoms with van der Waals surface area (Å²) in [7, 11) is 0. The van der Waals surface area contributed by atoms with Gasteiger partial charge in [0.2, 0.25) is 11.8 Å². The summed E-state index contributed by atoms with van der Waals surface area (Å²) in [5, 5.41) is 6.30. The normalized spacial score (nSPS) is 22.4.